The lowest BCUT2D eigenvalue weighted by atomic mass is 10.0. The maximum atomic E-state index is 13.0. The predicted molar refractivity (Wildman–Crippen MR) is 180 cm³/mol. The Labute approximate surface area is 266 Å². The van der Waals surface area contributed by atoms with Gasteiger partial charge in [0.25, 0.3) is 0 Å². The minimum absolute atomic E-state index is 0.126. The lowest BCUT2D eigenvalue weighted by molar-refractivity contribution is 0.0619. The molecule has 7 rings (SSSR count). The Morgan fingerprint density at radius 1 is 1.07 bits per heavy atom. The highest BCUT2D eigenvalue weighted by Gasteiger charge is 2.33. The van der Waals surface area contributed by atoms with E-state index >= 15 is 0 Å². The zero-order valence-electron chi connectivity index (χ0n) is 25.8. The molecule has 5 aromatic rings. The van der Waals surface area contributed by atoms with Crippen LogP contribution < -0.4 is 4.31 Å². The van der Waals surface area contributed by atoms with Gasteiger partial charge in [0.15, 0.2) is 0 Å². The Hall–Kier alpha value is -4.05. The molecule has 5 heterocycles. The number of aryl methyl sites for hydroxylation is 2. The van der Waals surface area contributed by atoms with Crippen LogP contribution in [0.2, 0.25) is 0 Å². The van der Waals surface area contributed by atoms with Gasteiger partial charge in [-0.3, -0.25) is 13.5 Å². The van der Waals surface area contributed by atoms with Crippen LogP contribution in [-0.2, 0) is 39.2 Å². The van der Waals surface area contributed by atoms with Crippen molar-refractivity contribution >= 4 is 48.4 Å². The number of nitrogens with zero attached hydrogens (tertiary/aromatic N) is 6. The molecule has 0 saturated carbocycles. The molecule has 0 aliphatic carbocycles. The molecule has 0 bridgehead atoms. The summed E-state index contributed by atoms with van der Waals surface area (Å²) < 4.78 is 50.0. The fourth-order valence-electron chi connectivity index (χ4n) is 6.13. The van der Waals surface area contributed by atoms with Gasteiger partial charge in [0.2, 0.25) is 10.0 Å². The van der Waals surface area contributed by atoms with E-state index in [0.717, 1.165) is 59.4 Å². The van der Waals surface area contributed by atoms with Crippen LogP contribution >= 0.6 is 0 Å². The van der Waals surface area contributed by atoms with Crippen molar-refractivity contribution in [2.45, 2.75) is 37.6 Å². The summed E-state index contributed by atoms with van der Waals surface area (Å²) >= 11 is 0. The molecule has 236 valence electrons. The van der Waals surface area contributed by atoms with Crippen LogP contribution in [0.25, 0.3) is 33.2 Å². The van der Waals surface area contributed by atoms with Crippen molar-refractivity contribution < 1.29 is 17.4 Å². The van der Waals surface area contributed by atoms with Gasteiger partial charge in [-0.05, 0) is 50.3 Å². The van der Waals surface area contributed by atoms with Gasteiger partial charge in [0, 0.05) is 51.4 Å². The second-order valence-electron chi connectivity index (χ2n) is 11.1. The van der Waals surface area contributed by atoms with E-state index in [4.69, 9.17) is 9.72 Å². The topological polar surface area (TPSA) is 112 Å². The first kappa shape index (κ1) is 32.3. The molecule has 1 unspecified atom stereocenters. The Morgan fingerprint density at radius 2 is 1.73 bits per heavy atom. The van der Waals surface area contributed by atoms with Gasteiger partial charge in [0.05, 0.1) is 60.5 Å². The summed E-state index contributed by atoms with van der Waals surface area (Å²) in [6, 6.07) is 17.7. The summed E-state index contributed by atoms with van der Waals surface area (Å²) in [4.78, 5) is 5.59. The molecular weight excluding hydrogens is 609 g/mol. The normalized spacial score (nSPS) is 17.0. The number of fused-ring (bicyclic) bond motifs is 3. The average Bonchev–Trinajstić information content (AvgIpc) is 3.70. The van der Waals surface area contributed by atoms with Crippen LogP contribution in [0.3, 0.4) is 0 Å². The molecule has 0 N–H and O–H groups in total. The molecule has 2 aliphatic heterocycles. The number of pyridine rings is 1. The summed E-state index contributed by atoms with van der Waals surface area (Å²) in [6.07, 6.45) is 13.9. The summed E-state index contributed by atoms with van der Waals surface area (Å²) in [6.45, 7) is 4.48. The van der Waals surface area contributed by atoms with Crippen molar-refractivity contribution in [1.82, 2.24) is 24.5 Å². The lowest BCUT2D eigenvalue weighted by Crippen LogP contribution is -2.25. The molecule has 0 amide bonds. The number of hydrogen-bond donors (Lipinski definition) is 0. The van der Waals surface area contributed by atoms with Gasteiger partial charge >= 0.3 is 0 Å². The number of rotatable bonds is 5. The Kier molecular flexibility index (Phi) is 10.0. The second kappa shape index (κ2) is 13.9. The Bertz CT molecular complexity index is 1900. The highest BCUT2D eigenvalue weighted by Crippen LogP contribution is 2.42. The first-order valence-corrected chi connectivity index (χ1v) is 18.0. The molecule has 45 heavy (non-hydrogen) atoms. The first-order chi connectivity index (χ1) is 21.8. The zero-order valence-corrected chi connectivity index (χ0v) is 27.4. The van der Waals surface area contributed by atoms with Gasteiger partial charge < -0.3 is 9.30 Å². The van der Waals surface area contributed by atoms with Crippen molar-refractivity contribution in [3.63, 3.8) is 0 Å². The van der Waals surface area contributed by atoms with E-state index in [1.807, 2.05) is 56.4 Å². The number of sulfonamides is 1. The SMILES string of the molecule is C#C.Cc1nnn(C)c1-c1cnc2c3c(N4CCCS4(=O)=O)ccc(S(C)=O)c3n(CC3CCOCC3)c2c1.c1ccccc1. The predicted octanol–water partition coefficient (Wildman–Crippen LogP) is 4.93. The minimum atomic E-state index is -3.42. The molecule has 10 nitrogen and oxygen atoms in total. The summed E-state index contributed by atoms with van der Waals surface area (Å²) in [5, 5.41) is 9.10. The van der Waals surface area contributed by atoms with Gasteiger partial charge in [0.1, 0.15) is 0 Å². The molecule has 12 heteroatoms. The van der Waals surface area contributed by atoms with Gasteiger partial charge in [-0.25, -0.2) is 13.1 Å². The minimum Gasteiger partial charge on any atom is -0.381 e. The number of aromatic nitrogens is 5. The van der Waals surface area contributed by atoms with Crippen molar-refractivity contribution in [3.8, 4) is 24.1 Å². The molecular formula is C33H38N6O4S2. The standard InChI is InChI=1S/C25H30N6O4S2.C6H6.C2H2/c1-16-24(29(2)28-27-16)18-13-20-23(26-14-18)22-19(31-9-4-12-37(31,33)34)5-6-21(36(3)32)25(22)30(20)15-17-7-10-35-11-8-17;1-2-4-6-5-3-1;1-2/h5-6,13-14,17H,4,7-12,15H2,1-3H3;1-6H;1-2H. The number of benzene rings is 2. The lowest BCUT2D eigenvalue weighted by Gasteiger charge is -2.24. The van der Waals surface area contributed by atoms with Crippen LogP contribution in [0, 0.1) is 25.7 Å². The number of hydrogen-bond acceptors (Lipinski definition) is 7. The molecule has 3 aromatic heterocycles. The van der Waals surface area contributed by atoms with E-state index in [1.165, 1.54) is 4.31 Å². The average molecular weight is 647 g/mol. The van der Waals surface area contributed by atoms with Crippen molar-refractivity contribution in [1.29, 1.82) is 0 Å². The van der Waals surface area contributed by atoms with Gasteiger partial charge in [-0.2, -0.15) is 0 Å². The fraction of sp³-hybridized carbons (Fsp3) is 0.364. The van der Waals surface area contributed by atoms with Gasteiger partial charge in [-0.15, -0.1) is 17.9 Å². The largest absolute Gasteiger partial charge is 0.381 e. The number of anilines is 1. The Balaban J connectivity index is 0.000000443. The monoisotopic (exact) mass is 646 g/mol. The zero-order chi connectivity index (χ0) is 32.1. The van der Waals surface area contributed by atoms with Crippen LogP contribution in [0.5, 0.6) is 0 Å². The molecule has 2 aromatic carbocycles. The summed E-state index contributed by atoms with van der Waals surface area (Å²) in [7, 11) is -2.85. The van der Waals surface area contributed by atoms with E-state index in [1.54, 1.807) is 23.2 Å². The van der Waals surface area contributed by atoms with E-state index in [9.17, 15) is 12.6 Å². The third kappa shape index (κ3) is 6.52. The number of ether oxygens (including phenoxy) is 1. The third-order valence-electron chi connectivity index (χ3n) is 8.18. The third-order valence-corrected chi connectivity index (χ3v) is 11.0. The Morgan fingerprint density at radius 3 is 2.29 bits per heavy atom. The van der Waals surface area contributed by atoms with Gasteiger partial charge in [-0.1, -0.05) is 41.6 Å². The highest BCUT2D eigenvalue weighted by atomic mass is 32.2. The highest BCUT2D eigenvalue weighted by molar-refractivity contribution is 7.93. The van der Waals surface area contributed by atoms with Crippen molar-refractivity contribution in [2.24, 2.45) is 13.0 Å². The van der Waals surface area contributed by atoms with E-state index in [-0.39, 0.29) is 5.75 Å². The fourth-order valence-corrected chi connectivity index (χ4v) is 8.45. The summed E-state index contributed by atoms with van der Waals surface area (Å²) in [5.41, 5.74) is 5.55. The van der Waals surface area contributed by atoms with E-state index < -0.39 is 20.8 Å². The molecule has 2 fully saturated rings. The maximum Gasteiger partial charge on any atom is 0.235 e. The molecule has 1 atom stereocenters. The smallest absolute Gasteiger partial charge is 0.235 e. The van der Waals surface area contributed by atoms with Crippen molar-refractivity contribution in [3.05, 3.63) is 66.5 Å². The van der Waals surface area contributed by atoms with Crippen LogP contribution in [0.4, 0.5) is 5.69 Å². The molecule has 0 spiro atoms. The molecule has 2 aliphatic rings. The first-order valence-electron chi connectivity index (χ1n) is 14.8. The maximum absolute atomic E-state index is 13.0. The van der Waals surface area contributed by atoms with Crippen molar-refractivity contribution in [2.75, 3.05) is 36.1 Å². The molecule has 2 saturated heterocycles. The number of terminal acetylenes is 1. The summed E-state index contributed by atoms with van der Waals surface area (Å²) in [5.74, 6) is 0.509. The van der Waals surface area contributed by atoms with E-state index in [2.05, 4.69) is 33.8 Å². The van der Waals surface area contributed by atoms with Crippen LogP contribution in [0.15, 0.2) is 65.7 Å². The quantitative estimate of drug-likeness (QED) is 0.249. The van der Waals surface area contributed by atoms with Crippen LogP contribution in [0.1, 0.15) is 25.0 Å². The molecule has 0 radical (unpaired) electrons. The second-order valence-corrected chi connectivity index (χ2v) is 14.4. The van der Waals surface area contributed by atoms with Crippen LogP contribution in [-0.4, -0.2) is 68.9 Å². The van der Waals surface area contributed by atoms with E-state index in [0.29, 0.717) is 41.5 Å².